The molecular weight excluding hydrogens is 257 g/mol. The lowest BCUT2D eigenvalue weighted by atomic mass is 9.73. The van der Waals surface area contributed by atoms with Gasteiger partial charge in [0.25, 0.3) is 0 Å². The molecule has 4 heteroatoms. The number of hydrogen-bond acceptors (Lipinski definition) is 3. The summed E-state index contributed by atoms with van der Waals surface area (Å²) in [5.74, 6) is -0.106. The molecule has 0 aromatic heterocycles. The lowest BCUT2D eigenvalue weighted by Gasteiger charge is -2.43. The zero-order valence-corrected chi connectivity index (χ0v) is 11.7. The van der Waals surface area contributed by atoms with E-state index in [4.69, 9.17) is 15.2 Å². The molecule has 3 atom stereocenters. The lowest BCUT2D eigenvalue weighted by molar-refractivity contribution is -0.125. The van der Waals surface area contributed by atoms with Crippen molar-refractivity contribution in [3.8, 4) is 0 Å². The number of halogens is 1. The van der Waals surface area contributed by atoms with E-state index >= 15 is 4.39 Å². The molecule has 0 aliphatic carbocycles. The minimum atomic E-state index is -1.47. The molecule has 1 spiro atoms. The minimum Gasteiger partial charge on any atom is -0.378 e. The quantitative estimate of drug-likeness (QED) is 0.924. The van der Waals surface area contributed by atoms with Crippen molar-refractivity contribution in [1.82, 2.24) is 0 Å². The topological polar surface area (TPSA) is 44.5 Å². The van der Waals surface area contributed by atoms with Crippen LogP contribution in [0.1, 0.15) is 24.8 Å². The molecule has 3 unspecified atom stereocenters. The number of hydrogen-bond donors (Lipinski definition) is 1. The number of rotatable bonds is 3. The summed E-state index contributed by atoms with van der Waals surface area (Å²) in [5, 5.41) is 0. The third-order valence-electron chi connectivity index (χ3n) is 4.76. The first-order chi connectivity index (χ1) is 9.69. The second-order valence-corrected chi connectivity index (χ2v) is 5.96. The van der Waals surface area contributed by atoms with E-state index in [1.807, 2.05) is 30.3 Å². The highest BCUT2D eigenvalue weighted by atomic mass is 19.1. The summed E-state index contributed by atoms with van der Waals surface area (Å²) in [6.07, 6.45) is 2.26. The van der Waals surface area contributed by atoms with Gasteiger partial charge >= 0.3 is 0 Å². The van der Waals surface area contributed by atoms with Gasteiger partial charge in [0.2, 0.25) is 0 Å². The Morgan fingerprint density at radius 3 is 2.75 bits per heavy atom. The van der Waals surface area contributed by atoms with Gasteiger partial charge in [-0.2, -0.15) is 0 Å². The first-order valence-electron chi connectivity index (χ1n) is 7.35. The normalized spacial score (nSPS) is 33.2. The number of nitrogens with two attached hydrogens (primary N) is 1. The van der Waals surface area contributed by atoms with Crippen molar-refractivity contribution in [2.45, 2.75) is 30.5 Å². The Labute approximate surface area is 119 Å². The van der Waals surface area contributed by atoms with E-state index in [2.05, 4.69) is 0 Å². The predicted octanol–water partition coefficient (Wildman–Crippen LogP) is 2.40. The van der Waals surface area contributed by atoms with Crippen LogP contribution in [0.4, 0.5) is 4.39 Å². The molecule has 2 N–H and O–H groups in total. The van der Waals surface area contributed by atoms with Crippen LogP contribution >= 0.6 is 0 Å². The molecule has 3 nitrogen and oxygen atoms in total. The SMILES string of the molecule is NCC(F)(c1ccccc1)C1CCOC2(CCOC2)C1. The monoisotopic (exact) mass is 279 g/mol. The van der Waals surface area contributed by atoms with Crippen molar-refractivity contribution in [3.63, 3.8) is 0 Å². The summed E-state index contributed by atoms with van der Waals surface area (Å²) in [6, 6.07) is 9.30. The fourth-order valence-electron chi connectivity index (χ4n) is 3.52. The Balaban J connectivity index is 1.85. The Morgan fingerprint density at radius 2 is 2.10 bits per heavy atom. The molecule has 2 aliphatic rings. The summed E-state index contributed by atoms with van der Waals surface area (Å²) in [4.78, 5) is 0. The van der Waals surface area contributed by atoms with Crippen molar-refractivity contribution in [3.05, 3.63) is 35.9 Å². The average molecular weight is 279 g/mol. The van der Waals surface area contributed by atoms with Crippen LogP contribution in [0.25, 0.3) is 0 Å². The van der Waals surface area contributed by atoms with Gasteiger partial charge in [0.05, 0.1) is 12.2 Å². The zero-order valence-electron chi connectivity index (χ0n) is 11.7. The summed E-state index contributed by atoms with van der Waals surface area (Å²) in [7, 11) is 0. The van der Waals surface area contributed by atoms with Crippen molar-refractivity contribution in [2.24, 2.45) is 11.7 Å². The third-order valence-corrected chi connectivity index (χ3v) is 4.76. The van der Waals surface area contributed by atoms with Crippen LogP contribution in [0.3, 0.4) is 0 Å². The fraction of sp³-hybridized carbons (Fsp3) is 0.625. The second-order valence-electron chi connectivity index (χ2n) is 5.96. The van der Waals surface area contributed by atoms with Crippen molar-refractivity contribution in [2.75, 3.05) is 26.4 Å². The van der Waals surface area contributed by atoms with E-state index in [1.165, 1.54) is 0 Å². The first kappa shape index (κ1) is 14.0. The van der Waals surface area contributed by atoms with Gasteiger partial charge in [0.1, 0.15) is 0 Å². The standard InChI is InChI=1S/C16H22FNO2/c17-16(11-18,13-4-2-1-3-5-13)14-6-8-20-15(10-14)7-9-19-12-15/h1-5,14H,6-12,18H2. The Hall–Kier alpha value is -0.970. The molecule has 1 aromatic carbocycles. The molecule has 1 aromatic rings. The van der Waals surface area contributed by atoms with Crippen LogP contribution in [0.2, 0.25) is 0 Å². The maximum atomic E-state index is 15.6. The van der Waals surface area contributed by atoms with Crippen LogP contribution in [0.5, 0.6) is 0 Å². The van der Waals surface area contributed by atoms with E-state index in [1.54, 1.807) is 0 Å². The molecule has 110 valence electrons. The molecule has 0 amide bonds. The number of ether oxygens (including phenoxy) is 2. The van der Waals surface area contributed by atoms with Gasteiger partial charge in [-0.1, -0.05) is 30.3 Å². The summed E-state index contributed by atoms with van der Waals surface area (Å²) in [5.41, 5.74) is 4.73. The summed E-state index contributed by atoms with van der Waals surface area (Å²) in [6.45, 7) is 1.89. The van der Waals surface area contributed by atoms with E-state index in [0.29, 0.717) is 38.2 Å². The minimum absolute atomic E-state index is 0.0125. The van der Waals surface area contributed by atoms with Gasteiger partial charge < -0.3 is 15.2 Å². The van der Waals surface area contributed by atoms with Crippen molar-refractivity contribution >= 4 is 0 Å². The van der Waals surface area contributed by atoms with Gasteiger partial charge in [-0.15, -0.1) is 0 Å². The van der Waals surface area contributed by atoms with Crippen LogP contribution in [-0.4, -0.2) is 32.0 Å². The van der Waals surface area contributed by atoms with Crippen molar-refractivity contribution < 1.29 is 13.9 Å². The highest BCUT2D eigenvalue weighted by Gasteiger charge is 2.49. The maximum Gasteiger partial charge on any atom is 0.151 e. The molecule has 0 saturated carbocycles. The molecule has 20 heavy (non-hydrogen) atoms. The van der Waals surface area contributed by atoms with Gasteiger partial charge in [-0.3, -0.25) is 0 Å². The van der Waals surface area contributed by atoms with Gasteiger partial charge in [0.15, 0.2) is 5.67 Å². The molecule has 2 heterocycles. The Bertz CT molecular complexity index is 447. The summed E-state index contributed by atoms with van der Waals surface area (Å²) < 4.78 is 26.9. The van der Waals surface area contributed by atoms with Crippen molar-refractivity contribution in [1.29, 1.82) is 0 Å². The molecule has 0 bridgehead atoms. The largest absolute Gasteiger partial charge is 0.378 e. The van der Waals surface area contributed by atoms with E-state index in [0.717, 1.165) is 6.42 Å². The first-order valence-corrected chi connectivity index (χ1v) is 7.35. The second kappa shape index (κ2) is 5.43. The van der Waals surface area contributed by atoms with E-state index in [9.17, 15) is 0 Å². The zero-order chi connectivity index (χ0) is 14.1. The maximum absolute atomic E-state index is 15.6. The Kier molecular flexibility index (Phi) is 3.80. The molecular formula is C16H22FNO2. The average Bonchev–Trinajstić information content (AvgIpc) is 2.95. The van der Waals surface area contributed by atoms with Crippen LogP contribution in [0.15, 0.2) is 30.3 Å². The number of alkyl halides is 1. The number of benzene rings is 1. The highest BCUT2D eigenvalue weighted by molar-refractivity contribution is 5.24. The van der Waals surface area contributed by atoms with Gasteiger partial charge in [-0.25, -0.2) is 4.39 Å². The van der Waals surface area contributed by atoms with E-state index < -0.39 is 5.67 Å². The molecule has 2 saturated heterocycles. The Morgan fingerprint density at radius 1 is 1.30 bits per heavy atom. The third kappa shape index (κ3) is 2.36. The molecule has 2 fully saturated rings. The fourth-order valence-corrected chi connectivity index (χ4v) is 3.52. The molecule has 3 rings (SSSR count). The predicted molar refractivity (Wildman–Crippen MR) is 75.1 cm³/mol. The highest BCUT2D eigenvalue weighted by Crippen LogP contribution is 2.45. The molecule has 0 radical (unpaired) electrons. The van der Waals surface area contributed by atoms with Crippen LogP contribution in [-0.2, 0) is 15.1 Å². The van der Waals surface area contributed by atoms with Gasteiger partial charge in [-0.05, 0) is 18.4 Å². The smallest absolute Gasteiger partial charge is 0.151 e. The van der Waals surface area contributed by atoms with Gasteiger partial charge in [0, 0.05) is 32.1 Å². The molecule has 2 aliphatic heterocycles. The van der Waals surface area contributed by atoms with Crippen LogP contribution in [0, 0.1) is 5.92 Å². The summed E-state index contributed by atoms with van der Waals surface area (Å²) >= 11 is 0. The van der Waals surface area contributed by atoms with Crippen LogP contribution < -0.4 is 5.73 Å². The lowest BCUT2D eigenvalue weighted by Crippen LogP contribution is -2.48. The van der Waals surface area contributed by atoms with E-state index in [-0.39, 0.29) is 18.1 Å².